The minimum Gasteiger partial charge on any atom is -0.379 e. The van der Waals surface area contributed by atoms with Gasteiger partial charge in [0, 0.05) is 26.6 Å². The smallest absolute Gasteiger partial charge is 0.245 e. The molecule has 4 heteroatoms. The summed E-state index contributed by atoms with van der Waals surface area (Å²) in [5.74, 6) is -2.56. The second kappa shape index (κ2) is 7.12. The lowest BCUT2D eigenvalue weighted by Crippen LogP contribution is -2.11. The summed E-state index contributed by atoms with van der Waals surface area (Å²) in [4.78, 5) is 0. The van der Waals surface area contributed by atoms with Crippen molar-refractivity contribution in [2.24, 2.45) is 0 Å². The Kier molecular flexibility index (Phi) is 7.02. The van der Waals surface area contributed by atoms with Gasteiger partial charge in [0.1, 0.15) is 0 Å². The molecule has 0 radical (unpaired) electrons. The fraction of sp³-hybridized carbons (Fsp3) is 1.00. The molecule has 0 amide bonds. The van der Waals surface area contributed by atoms with Crippen molar-refractivity contribution in [1.82, 2.24) is 0 Å². The monoisotopic (exact) mass is 224 g/mol. The zero-order valence-electron chi connectivity index (χ0n) is 10.1. The van der Waals surface area contributed by atoms with Crippen LogP contribution in [0, 0.1) is 0 Å². The number of ether oxygens (including phenoxy) is 2. The molecule has 0 spiro atoms. The first-order valence-corrected chi connectivity index (χ1v) is 5.55. The van der Waals surface area contributed by atoms with Crippen LogP contribution in [0.25, 0.3) is 0 Å². The SMILES string of the molecule is CC.COC1CC1OCCCC(C)(F)F. The summed E-state index contributed by atoms with van der Waals surface area (Å²) in [5.41, 5.74) is 0. The van der Waals surface area contributed by atoms with Gasteiger partial charge in [0.25, 0.3) is 0 Å². The molecule has 1 saturated carbocycles. The van der Waals surface area contributed by atoms with Crippen LogP contribution in [0.5, 0.6) is 0 Å². The van der Waals surface area contributed by atoms with E-state index in [9.17, 15) is 8.78 Å². The second-order valence-corrected chi connectivity index (χ2v) is 3.59. The summed E-state index contributed by atoms with van der Waals surface area (Å²) in [6.45, 7) is 5.34. The van der Waals surface area contributed by atoms with Crippen molar-refractivity contribution in [2.45, 2.75) is 58.2 Å². The quantitative estimate of drug-likeness (QED) is 0.645. The van der Waals surface area contributed by atoms with Crippen LogP contribution in [0.3, 0.4) is 0 Å². The highest BCUT2D eigenvalue weighted by Gasteiger charge is 2.38. The third kappa shape index (κ3) is 7.68. The van der Waals surface area contributed by atoms with Gasteiger partial charge in [0.15, 0.2) is 0 Å². The Hall–Kier alpha value is -0.220. The first-order chi connectivity index (χ1) is 7.03. The molecule has 1 aliphatic carbocycles. The van der Waals surface area contributed by atoms with Gasteiger partial charge in [0.2, 0.25) is 5.92 Å². The first kappa shape index (κ1) is 14.8. The summed E-state index contributed by atoms with van der Waals surface area (Å²) in [6.07, 6.45) is 1.56. The summed E-state index contributed by atoms with van der Waals surface area (Å²) in [6, 6.07) is 0. The molecule has 2 atom stereocenters. The molecular weight excluding hydrogens is 202 g/mol. The number of rotatable bonds is 6. The number of alkyl halides is 2. The number of hydrogen-bond acceptors (Lipinski definition) is 2. The van der Waals surface area contributed by atoms with Crippen LogP contribution in [0.4, 0.5) is 8.78 Å². The Morgan fingerprint density at radius 3 is 2.27 bits per heavy atom. The third-order valence-corrected chi connectivity index (χ3v) is 2.07. The second-order valence-electron chi connectivity index (χ2n) is 3.59. The number of halogens is 2. The van der Waals surface area contributed by atoms with Gasteiger partial charge >= 0.3 is 0 Å². The van der Waals surface area contributed by atoms with Crippen LogP contribution in [0.1, 0.15) is 40.0 Å². The molecule has 15 heavy (non-hydrogen) atoms. The minimum atomic E-state index is -2.56. The van der Waals surface area contributed by atoms with Crippen LogP contribution in [-0.4, -0.2) is 31.8 Å². The molecule has 2 nitrogen and oxygen atoms in total. The Morgan fingerprint density at radius 1 is 1.27 bits per heavy atom. The predicted molar refractivity (Wildman–Crippen MR) is 56.4 cm³/mol. The lowest BCUT2D eigenvalue weighted by molar-refractivity contribution is -0.00303. The topological polar surface area (TPSA) is 18.5 Å². The standard InChI is InChI=1S/C9H16F2O2.C2H6/c1-9(10,11)4-3-5-13-8-6-7(8)12-2;1-2/h7-8H,3-6H2,1-2H3;1-2H3. The summed E-state index contributed by atoms with van der Waals surface area (Å²) >= 11 is 0. The largest absolute Gasteiger partial charge is 0.379 e. The lowest BCUT2D eigenvalue weighted by Gasteiger charge is -2.09. The predicted octanol–water partition coefficient (Wildman–Crippen LogP) is 3.25. The molecule has 0 N–H and O–H groups in total. The molecule has 92 valence electrons. The lowest BCUT2D eigenvalue weighted by atomic mass is 10.2. The molecule has 1 rings (SSSR count). The molecule has 0 aromatic rings. The van der Waals surface area contributed by atoms with Gasteiger partial charge in [-0.05, 0) is 13.3 Å². The summed E-state index contributed by atoms with van der Waals surface area (Å²) in [5, 5.41) is 0. The van der Waals surface area contributed by atoms with E-state index in [1.165, 1.54) is 0 Å². The highest BCUT2D eigenvalue weighted by atomic mass is 19.3. The maximum atomic E-state index is 12.3. The van der Waals surface area contributed by atoms with Gasteiger partial charge in [-0.15, -0.1) is 0 Å². The average Bonchev–Trinajstić information content (AvgIpc) is 2.93. The molecule has 0 saturated heterocycles. The fourth-order valence-corrected chi connectivity index (χ4v) is 1.19. The van der Waals surface area contributed by atoms with E-state index in [1.807, 2.05) is 13.8 Å². The zero-order chi connectivity index (χ0) is 11.9. The van der Waals surface area contributed by atoms with Gasteiger partial charge in [-0.1, -0.05) is 13.8 Å². The van der Waals surface area contributed by atoms with E-state index in [0.717, 1.165) is 13.3 Å². The van der Waals surface area contributed by atoms with Crippen molar-refractivity contribution < 1.29 is 18.3 Å². The summed E-state index contributed by atoms with van der Waals surface area (Å²) < 4.78 is 34.9. The van der Waals surface area contributed by atoms with Gasteiger partial charge in [0.05, 0.1) is 12.2 Å². The third-order valence-electron chi connectivity index (χ3n) is 2.07. The molecule has 1 aliphatic rings. The molecule has 0 aromatic heterocycles. The van der Waals surface area contributed by atoms with E-state index in [0.29, 0.717) is 13.0 Å². The molecule has 0 heterocycles. The molecule has 0 bridgehead atoms. The highest BCUT2D eigenvalue weighted by molar-refractivity contribution is 4.88. The van der Waals surface area contributed by atoms with Crippen molar-refractivity contribution in [3.8, 4) is 0 Å². The van der Waals surface area contributed by atoms with Gasteiger partial charge in [-0.2, -0.15) is 0 Å². The highest BCUT2D eigenvalue weighted by Crippen LogP contribution is 2.28. The number of methoxy groups -OCH3 is 1. The van der Waals surface area contributed by atoms with Crippen molar-refractivity contribution in [3.63, 3.8) is 0 Å². The number of hydrogen-bond donors (Lipinski definition) is 0. The maximum absolute atomic E-state index is 12.3. The van der Waals surface area contributed by atoms with Crippen LogP contribution >= 0.6 is 0 Å². The molecule has 0 aromatic carbocycles. The molecule has 0 aliphatic heterocycles. The van der Waals surface area contributed by atoms with E-state index in [2.05, 4.69) is 0 Å². The van der Waals surface area contributed by atoms with E-state index in [-0.39, 0.29) is 18.6 Å². The van der Waals surface area contributed by atoms with Crippen LogP contribution in [0.15, 0.2) is 0 Å². The van der Waals surface area contributed by atoms with Crippen LogP contribution < -0.4 is 0 Å². The van der Waals surface area contributed by atoms with Crippen molar-refractivity contribution in [1.29, 1.82) is 0 Å². The molecular formula is C11H22F2O2. The Bertz CT molecular complexity index is 157. The van der Waals surface area contributed by atoms with E-state index >= 15 is 0 Å². The van der Waals surface area contributed by atoms with E-state index < -0.39 is 5.92 Å². The van der Waals surface area contributed by atoms with Crippen molar-refractivity contribution in [3.05, 3.63) is 0 Å². The fourth-order valence-electron chi connectivity index (χ4n) is 1.19. The van der Waals surface area contributed by atoms with Crippen molar-refractivity contribution >= 4 is 0 Å². The van der Waals surface area contributed by atoms with Gasteiger partial charge in [-0.3, -0.25) is 0 Å². The Morgan fingerprint density at radius 2 is 1.87 bits per heavy atom. The Balaban J connectivity index is 0.000000921. The summed E-state index contributed by atoms with van der Waals surface area (Å²) in [7, 11) is 1.63. The molecule has 1 fully saturated rings. The van der Waals surface area contributed by atoms with E-state index in [1.54, 1.807) is 7.11 Å². The minimum absolute atomic E-state index is 0.0998. The first-order valence-electron chi connectivity index (χ1n) is 5.55. The normalized spacial score (nSPS) is 24.4. The van der Waals surface area contributed by atoms with Gasteiger partial charge in [-0.25, -0.2) is 8.78 Å². The van der Waals surface area contributed by atoms with E-state index in [4.69, 9.17) is 9.47 Å². The average molecular weight is 224 g/mol. The van der Waals surface area contributed by atoms with Crippen molar-refractivity contribution in [2.75, 3.05) is 13.7 Å². The van der Waals surface area contributed by atoms with Crippen LogP contribution in [-0.2, 0) is 9.47 Å². The van der Waals surface area contributed by atoms with Gasteiger partial charge < -0.3 is 9.47 Å². The Labute approximate surface area is 90.9 Å². The molecule has 2 unspecified atom stereocenters. The maximum Gasteiger partial charge on any atom is 0.245 e. The van der Waals surface area contributed by atoms with Crippen LogP contribution in [0.2, 0.25) is 0 Å². The zero-order valence-corrected chi connectivity index (χ0v) is 10.1.